The first-order valence-corrected chi connectivity index (χ1v) is 9.92. The molecule has 0 amide bonds. The highest BCUT2D eigenvalue weighted by Crippen LogP contribution is 2.27. The second-order valence-electron chi connectivity index (χ2n) is 5.59. The molecule has 0 fully saturated rings. The summed E-state index contributed by atoms with van der Waals surface area (Å²) in [5.74, 6) is -0.260. The fourth-order valence-corrected chi connectivity index (χ4v) is 4.11. The maximum atomic E-state index is 12.5. The Balaban J connectivity index is 1.77. The van der Waals surface area contributed by atoms with Crippen molar-refractivity contribution in [3.05, 3.63) is 53.3 Å². The van der Waals surface area contributed by atoms with Gasteiger partial charge in [0.25, 0.3) is 0 Å². The number of nitrogens with zero attached hydrogens (tertiary/aromatic N) is 6. The normalized spacial score (nSPS) is 11.7. The van der Waals surface area contributed by atoms with Crippen molar-refractivity contribution < 1.29 is 4.79 Å². The Labute approximate surface area is 164 Å². The van der Waals surface area contributed by atoms with Gasteiger partial charge < -0.3 is 0 Å². The second kappa shape index (κ2) is 8.70. The molecule has 0 saturated carbocycles. The van der Waals surface area contributed by atoms with Crippen molar-refractivity contribution in [3.63, 3.8) is 0 Å². The van der Waals surface area contributed by atoms with Crippen LogP contribution < -0.4 is 0 Å². The molecular weight excluding hydrogens is 380 g/mol. The lowest BCUT2D eigenvalue weighted by molar-refractivity contribution is -0.116. The number of allylic oxidation sites excluding steroid dienone is 1. The lowest BCUT2D eigenvalue weighted by Gasteiger charge is -2.08. The minimum absolute atomic E-state index is 0.114. The highest BCUT2D eigenvalue weighted by atomic mass is 32.2. The Hall–Kier alpha value is -2.83. The zero-order valence-corrected chi connectivity index (χ0v) is 16.2. The SMILES string of the molecule is C=CCn1c(SCC(=O)[C@@H](C#N)c2nc(C)cs2)nnc1-c1ccncc1. The molecule has 0 aromatic carbocycles. The van der Waals surface area contributed by atoms with Crippen molar-refractivity contribution in [2.75, 3.05) is 5.75 Å². The molecule has 9 heteroatoms. The van der Waals surface area contributed by atoms with E-state index in [1.807, 2.05) is 29.0 Å². The number of ketones is 1. The van der Waals surface area contributed by atoms with Gasteiger partial charge in [-0.3, -0.25) is 14.3 Å². The van der Waals surface area contributed by atoms with E-state index in [-0.39, 0.29) is 11.5 Å². The van der Waals surface area contributed by atoms with Crippen LogP contribution in [0.25, 0.3) is 11.4 Å². The van der Waals surface area contributed by atoms with Crippen LogP contribution in [-0.2, 0) is 11.3 Å². The van der Waals surface area contributed by atoms with Crippen LogP contribution in [0.3, 0.4) is 0 Å². The van der Waals surface area contributed by atoms with Crippen LogP contribution in [0.1, 0.15) is 16.6 Å². The number of carbonyl (C=O) groups excluding carboxylic acids is 1. The molecule has 136 valence electrons. The van der Waals surface area contributed by atoms with Crippen LogP contribution >= 0.6 is 23.1 Å². The summed E-state index contributed by atoms with van der Waals surface area (Å²) in [5, 5.41) is 20.8. The van der Waals surface area contributed by atoms with Gasteiger partial charge in [0.05, 0.1) is 11.8 Å². The molecule has 0 N–H and O–H groups in total. The van der Waals surface area contributed by atoms with Crippen molar-refractivity contribution in [2.45, 2.75) is 24.5 Å². The summed E-state index contributed by atoms with van der Waals surface area (Å²) in [7, 11) is 0. The molecular formula is C18H16N6OS2. The van der Waals surface area contributed by atoms with Gasteiger partial charge in [-0.25, -0.2) is 4.98 Å². The molecule has 1 atom stereocenters. The second-order valence-corrected chi connectivity index (χ2v) is 7.42. The number of nitriles is 1. The van der Waals surface area contributed by atoms with Crippen molar-refractivity contribution in [2.24, 2.45) is 0 Å². The summed E-state index contributed by atoms with van der Waals surface area (Å²) < 4.78 is 1.88. The zero-order valence-electron chi connectivity index (χ0n) is 14.6. The van der Waals surface area contributed by atoms with Crippen LogP contribution in [0.4, 0.5) is 0 Å². The molecule has 0 aliphatic rings. The lowest BCUT2D eigenvalue weighted by Crippen LogP contribution is -2.14. The van der Waals surface area contributed by atoms with Gasteiger partial charge in [0.1, 0.15) is 5.01 Å². The molecule has 0 spiro atoms. The van der Waals surface area contributed by atoms with E-state index in [1.54, 1.807) is 18.5 Å². The summed E-state index contributed by atoms with van der Waals surface area (Å²) in [5.41, 5.74) is 1.69. The van der Waals surface area contributed by atoms with Gasteiger partial charge in [-0.2, -0.15) is 5.26 Å². The van der Waals surface area contributed by atoms with Gasteiger partial charge in [0.2, 0.25) is 0 Å². The third kappa shape index (κ3) is 4.30. The average molecular weight is 397 g/mol. The van der Waals surface area contributed by atoms with Crippen LogP contribution in [0.15, 0.2) is 47.7 Å². The molecule has 0 saturated heterocycles. The van der Waals surface area contributed by atoms with Gasteiger partial charge in [-0.15, -0.1) is 28.1 Å². The molecule has 7 nitrogen and oxygen atoms in total. The van der Waals surface area contributed by atoms with Crippen LogP contribution in [-0.4, -0.2) is 36.3 Å². The van der Waals surface area contributed by atoms with Gasteiger partial charge in [0.15, 0.2) is 22.7 Å². The van der Waals surface area contributed by atoms with Crippen LogP contribution in [0, 0.1) is 18.3 Å². The Morgan fingerprint density at radius 3 is 2.85 bits per heavy atom. The van der Waals surface area contributed by atoms with E-state index in [4.69, 9.17) is 0 Å². The van der Waals surface area contributed by atoms with Crippen LogP contribution in [0.2, 0.25) is 0 Å². The largest absolute Gasteiger partial charge is 0.298 e. The fourth-order valence-electron chi connectivity index (χ4n) is 2.39. The topological polar surface area (TPSA) is 97.3 Å². The lowest BCUT2D eigenvalue weighted by atomic mass is 10.1. The highest BCUT2D eigenvalue weighted by Gasteiger charge is 2.24. The third-order valence-electron chi connectivity index (χ3n) is 3.65. The Morgan fingerprint density at radius 2 is 2.22 bits per heavy atom. The summed E-state index contributed by atoms with van der Waals surface area (Å²) in [6.45, 7) is 6.12. The number of pyridine rings is 1. The molecule has 3 aromatic heterocycles. The Morgan fingerprint density at radius 1 is 1.44 bits per heavy atom. The first-order valence-electron chi connectivity index (χ1n) is 8.05. The number of carbonyl (C=O) groups is 1. The van der Waals surface area contributed by atoms with Crippen molar-refractivity contribution >= 4 is 28.9 Å². The first kappa shape index (κ1) is 18.9. The average Bonchev–Trinajstić information content (AvgIpc) is 3.28. The smallest absolute Gasteiger partial charge is 0.192 e. The number of thioether (sulfide) groups is 1. The van der Waals surface area contributed by atoms with Gasteiger partial charge in [-0.1, -0.05) is 17.8 Å². The van der Waals surface area contributed by atoms with E-state index in [1.165, 1.54) is 23.1 Å². The van der Waals surface area contributed by atoms with Gasteiger partial charge in [-0.05, 0) is 19.1 Å². The number of aryl methyl sites for hydroxylation is 1. The summed E-state index contributed by atoms with van der Waals surface area (Å²) in [6.07, 6.45) is 5.12. The van der Waals surface area contributed by atoms with E-state index in [2.05, 4.69) is 32.8 Å². The molecule has 3 heterocycles. The molecule has 0 bridgehead atoms. The van der Waals surface area contributed by atoms with Crippen molar-refractivity contribution in [3.8, 4) is 17.5 Å². The number of aromatic nitrogens is 5. The minimum Gasteiger partial charge on any atom is -0.298 e. The third-order valence-corrected chi connectivity index (χ3v) is 5.66. The monoisotopic (exact) mass is 396 g/mol. The number of thiazole rings is 1. The van der Waals surface area contributed by atoms with E-state index < -0.39 is 5.92 Å². The number of hydrogen-bond acceptors (Lipinski definition) is 8. The summed E-state index contributed by atoms with van der Waals surface area (Å²) >= 11 is 2.59. The van der Waals surface area contributed by atoms with Crippen molar-refractivity contribution in [1.82, 2.24) is 24.7 Å². The zero-order chi connectivity index (χ0) is 19.2. The molecule has 0 radical (unpaired) electrons. The number of Topliss-reactive ketones (excluding diaryl/α,β-unsaturated/α-hetero) is 1. The van der Waals surface area contributed by atoms with Gasteiger partial charge in [0, 0.05) is 35.6 Å². The van der Waals surface area contributed by atoms with E-state index in [0.717, 1.165) is 11.3 Å². The van der Waals surface area contributed by atoms with E-state index in [9.17, 15) is 10.1 Å². The van der Waals surface area contributed by atoms with Crippen LogP contribution in [0.5, 0.6) is 0 Å². The predicted molar refractivity (Wildman–Crippen MR) is 104 cm³/mol. The Kier molecular flexibility index (Phi) is 6.11. The van der Waals surface area contributed by atoms with E-state index >= 15 is 0 Å². The molecule has 27 heavy (non-hydrogen) atoms. The van der Waals surface area contributed by atoms with E-state index in [0.29, 0.717) is 22.5 Å². The molecule has 0 aliphatic heterocycles. The first-order chi connectivity index (χ1) is 13.1. The standard InChI is InChI=1S/C18H16N6OS2/c1-3-8-24-16(13-4-6-20-7-5-13)22-23-18(24)27-11-15(25)14(9-19)17-21-12(2)10-26-17/h3-7,10,14H,1,8,11H2,2H3/t14-/m1/s1. The molecule has 0 unspecified atom stereocenters. The van der Waals surface area contributed by atoms with Crippen molar-refractivity contribution in [1.29, 1.82) is 5.26 Å². The summed E-state index contributed by atoms with van der Waals surface area (Å²) in [6, 6.07) is 5.75. The molecule has 3 rings (SSSR count). The number of rotatable bonds is 8. The summed E-state index contributed by atoms with van der Waals surface area (Å²) in [4.78, 5) is 20.8. The fraction of sp³-hybridized carbons (Fsp3) is 0.222. The highest BCUT2D eigenvalue weighted by molar-refractivity contribution is 7.99. The quantitative estimate of drug-likeness (QED) is 0.426. The minimum atomic E-state index is -0.855. The molecule has 3 aromatic rings. The predicted octanol–water partition coefficient (Wildman–Crippen LogP) is 3.26. The molecule has 0 aliphatic carbocycles. The maximum absolute atomic E-state index is 12.5. The van der Waals surface area contributed by atoms with Gasteiger partial charge >= 0.3 is 0 Å². The maximum Gasteiger partial charge on any atom is 0.192 e. The Bertz CT molecular complexity index is 989. The number of hydrogen-bond donors (Lipinski definition) is 0.